The van der Waals surface area contributed by atoms with E-state index in [0.717, 1.165) is 5.69 Å². The number of hydrogen-bond donors (Lipinski definition) is 3. The predicted octanol–water partition coefficient (Wildman–Crippen LogP) is 4.05. The van der Waals surface area contributed by atoms with Crippen LogP contribution in [0.25, 0.3) is 0 Å². The van der Waals surface area contributed by atoms with Crippen molar-refractivity contribution in [2.24, 2.45) is 0 Å². The first kappa shape index (κ1) is 21.3. The largest absolute Gasteiger partial charge is 0.489 e. The average Bonchev–Trinajstić information content (AvgIpc) is 2.59. The highest BCUT2D eigenvalue weighted by molar-refractivity contribution is 5.97. The average molecular weight is 383 g/mol. The van der Waals surface area contributed by atoms with Crippen LogP contribution in [0, 0.1) is 0 Å². The van der Waals surface area contributed by atoms with Crippen LogP contribution in [-0.4, -0.2) is 30.0 Å². The van der Waals surface area contributed by atoms with E-state index in [-0.39, 0.29) is 30.0 Å². The molecule has 150 valence electrons. The van der Waals surface area contributed by atoms with Gasteiger partial charge in [0.05, 0.1) is 18.3 Å². The molecule has 2 aromatic rings. The lowest BCUT2D eigenvalue weighted by Gasteiger charge is -2.20. The summed E-state index contributed by atoms with van der Waals surface area (Å²) in [7, 11) is 0. The first-order chi connectivity index (χ1) is 13.1. The quantitative estimate of drug-likeness (QED) is 0.674. The van der Waals surface area contributed by atoms with Gasteiger partial charge in [-0.05, 0) is 71.0 Å². The molecule has 0 heterocycles. The molecule has 6 nitrogen and oxygen atoms in total. The molecule has 0 saturated carbocycles. The minimum atomic E-state index is -0.300. The molecule has 0 bridgehead atoms. The standard InChI is InChI=1S/C22H29N3O3/c1-15(2)28-19-9-7-6-8-18(19)23-14-20(26)24-17-12-10-16(11-13-17)21(27)25-22(3,4)5/h6-13,15,23H,14H2,1-5H3,(H,24,26)(H,25,27). The van der Waals surface area contributed by atoms with Crippen molar-refractivity contribution in [3.63, 3.8) is 0 Å². The van der Waals surface area contributed by atoms with Crippen molar-refractivity contribution < 1.29 is 14.3 Å². The van der Waals surface area contributed by atoms with Crippen LogP contribution in [0.2, 0.25) is 0 Å². The second-order valence-electron chi connectivity index (χ2n) is 7.85. The molecule has 0 atom stereocenters. The number of carbonyl (C=O) groups excluding carboxylic acids is 2. The van der Waals surface area contributed by atoms with Gasteiger partial charge in [-0.1, -0.05) is 12.1 Å². The Balaban J connectivity index is 1.91. The topological polar surface area (TPSA) is 79.5 Å². The summed E-state index contributed by atoms with van der Waals surface area (Å²) < 4.78 is 5.73. The summed E-state index contributed by atoms with van der Waals surface area (Å²) in [5.41, 5.74) is 1.64. The lowest BCUT2D eigenvalue weighted by atomic mass is 10.1. The second kappa shape index (κ2) is 9.26. The molecule has 2 amide bonds. The molecule has 0 aliphatic rings. The highest BCUT2D eigenvalue weighted by Gasteiger charge is 2.15. The molecule has 3 N–H and O–H groups in total. The van der Waals surface area contributed by atoms with Gasteiger partial charge in [0.25, 0.3) is 5.91 Å². The van der Waals surface area contributed by atoms with Gasteiger partial charge in [0.15, 0.2) is 0 Å². The number of anilines is 2. The van der Waals surface area contributed by atoms with Crippen LogP contribution in [0.4, 0.5) is 11.4 Å². The number of benzene rings is 2. The third-order valence-electron chi connectivity index (χ3n) is 3.61. The minimum Gasteiger partial charge on any atom is -0.489 e. The molecule has 0 unspecified atom stereocenters. The van der Waals surface area contributed by atoms with Crippen LogP contribution in [0.1, 0.15) is 45.0 Å². The molecule has 0 aliphatic heterocycles. The molecular weight excluding hydrogens is 354 g/mol. The van der Waals surface area contributed by atoms with Crippen molar-refractivity contribution >= 4 is 23.2 Å². The van der Waals surface area contributed by atoms with Crippen LogP contribution < -0.4 is 20.7 Å². The van der Waals surface area contributed by atoms with Gasteiger partial charge < -0.3 is 20.7 Å². The maximum atomic E-state index is 12.2. The number of carbonyl (C=O) groups is 2. The van der Waals surface area contributed by atoms with Gasteiger partial charge in [-0.2, -0.15) is 0 Å². The Hall–Kier alpha value is -3.02. The van der Waals surface area contributed by atoms with Gasteiger partial charge in [0, 0.05) is 16.8 Å². The van der Waals surface area contributed by atoms with Gasteiger partial charge in [-0.3, -0.25) is 9.59 Å². The van der Waals surface area contributed by atoms with Gasteiger partial charge in [0.2, 0.25) is 5.91 Å². The molecule has 6 heteroatoms. The second-order valence-corrected chi connectivity index (χ2v) is 7.85. The molecule has 0 radical (unpaired) electrons. The van der Waals surface area contributed by atoms with E-state index in [1.165, 1.54) is 0 Å². The molecule has 2 rings (SSSR count). The fourth-order valence-corrected chi connectivity index (χ4v) is 2.47. The number of ether oxygens (including phenoxy) is 1. The van der Waals surface area contributed by atoms with Crippen LogP contribution in [-0.2, 0) is 4.79 Å². The third kappa shape index (κ3) is 6.95. The van der Waals surface area contributed by atoms with Gasteiger partial charge in [-0.25, -0.2) is 0 Å². The summed E-state index contributed by atoms with van der Waals surface area (Å²) in [5, 5.41) is 8.81. The van der Waals surface area contributed by atoms with Crippen LogP contribution in [0.15, 0.2) is 48.5 Å². The number of amides is 2. The maximum Gasteiger partial charge on any atom is 0.251 e. The SMILES string of the molecule is CC(C)Oc1ccccc1NCC(=O)Nc1ccc(C(=O)NC(C)(C)C)cc1. The summed E-state index contributed by atoms with van der Waals surface area (Å²) in [6, 6.07) is 14.3. The van der Waals surface area contributed by atoms with E-state index >= 15 is 0 Å². The van der Waals surface area contributed by atoms with Crippen LogP contribution >= 0.6 is 0 Å². The van der Waals surface area contributed by atoms with E-state index in [4.69, 9.17) is 4.74 Å². The molecule has 0 aliphatic carbocycles. The summed E-state index contributed by atoms with van der Waals surface area (Å²) in [6.07, 6.45) is 0.0470. The van der Waals surface area contributed by atoms with Crippen molar-refractivity contribution in [3.05, 3.63) is 54.1 Å². The fraction of sp³-hybridized carbons (Fsp3) is 0.364. The molecule has 2 aromatic carbocycles. The van der Waals surface area contributed by atoms with Crippen molar-refractivity contribution in [2.75, 3.05) is 17.2 Å². The summed E-state index contributed by atoms with van der Waals surface area (Å²) in [4.78, 5) is 24.4. The Bertz CT molecular complexity index is 809. The summed E-state index contributed by atoms with van der Waals surface area (Å²) in [5.74, 6) is 0.375. The highest BCUT2D eigenvalue weighted by Crippen LogP contribution is 2.24. The summed E-state index contributed by atoms with van der Waals surface area (Å²) >= 11 is 0. The molecule has 0 saturated heterocycles. The number of para-hydroxylation sites is 2. The number of nitrogens with one attached hydrogen (secondary N) is 3. The van der Waals surface area contributed by atoms with Gasteiger partial charge >= 0.3 is 0 Å². The zero-order valence-corrected chi connectivity index (χ0v) is 17.1. The number of rotatable bonds is 7. The zero-order valence-electron chi connectivity index (χ0n) is 17.1. The molecule has 28 heavy (non-hydrogen) atoms. The lowest BCUT2D eigenvalue weighted by molar-refractivity contribution is -0.114. The Morgan fingerprint density at radius 1 is 1.00 bits per heavy atom. The van der Waals surface area contributed by atoms with E-state index in [0.29, 0.717) is 17.0 Å². The Kier molecular flexibility index (Phi) is 7.04. The minimum absolute atomic E-state index is 0.0470. The van der Waals surface area contributed by atoms with E-state index in [1.807, 2.05) is 58.9 Å². The van der Waals surface area contributed by atoms with Crippen molar-refractivity contribution in [1.82, 2.24) is 5.32 Å². The zero-order chi connectivity index (χ0) is 20.7. The lowest BCUT2D eigenvalue weighted by Crippen LogP contribution is -2.40. The van der Waals surface area contributed by atoms with E-state index in [1.54, 1.807) is 24.3 Å². The summed E-state index contributed by atoms with van der Waals surface area (Å²) in [6.45, 7) is 9.79. The van der Waals surface area contributed by atoms with E-state index in [9.17, 15) is 9.59 Å². The first-order valence-corrected chi connectivity index (χ1v) is 9.36. The Morgan fingerprint density at radius 2 is 1.64 bits per heavy atom. The molecular formula is C22H29N3O3. The van der Waals surface area contributed by atoms with Crippen molar-refractivity contribution in [1.29, 1.82) is 0 Å². The maximum absolute atomic E-state index is 12.2. The Labute approximate surface area is 166 Å². The smallest absolute Gasteiger partial charge is 0.251 e. The van der Waals surface area contributed by atoms with Gasteiger partial charge in [0.1, 0.15) is 5.75 Å². The fourth-order valence-electron chi connectivity index (χ4n) is 2.47. The molecule has 0 aromatic heterocycles. The van der Waals surface area contributed by atoms with E-state index < -0.39 is 0 Å². The predicted molar refractivity (Wildman–Crippen MR) is 113 cm³/mol. The number of hydrogen-bond acceptors (Lipinski definition) is 4. The van der Waals surface area contributed by atoms with Crippen LogP contribution in [0.5, 0.6) is 5.75 Å². The van der Waals surface area contributed by atoms with Gasteiger partial charge in [-0.15, -0.1) is 0 Å². The monoisotopic (exact) mass is 383 g/mol. The third-order valence-corrected chi connectivity index (χ3v) is 3.61. The van der Waals surface area contributed by atoms with Crippen LogP contribution in [0.3, 0.4) is 0 Å². The Morgan fingerprint density at radius 3 is 2.25 bits per heavy atom. The van der Waals surface area contributed by atoms with Crippen molar-refractivity contribution in [3.8, 4) is 5.75 Å². The van der Waals surface area contributed by atoms with E-state index in [2.05, 4.69) is 16.0 Å². The highest BCUT2D eigenvalue weighted by atomic mass is 16.5. The molecule has 0 spiro atoms. The normalized spacial score (nSPS) is 11.1. The van der Waals surface area contributed by atoms with Crippen molar-refractivity contribution in [2.45, 2.75) is 46.3 Å². The molecule has 0 fully saturated rings. The first-order valence-electron chi connectivity index (χ1n) is 9.36.